The SMILES string of the molecule is COC(=O)COc1ccc(Cl)cc1S(=O)(=O)N=C=O. The lowest BCUT2D eigenvalue weighted by Crippen LogP contribution is -2.14. The fourth-order valence-electron chi connectivity index (χ4n) is 1.10. The van der Waals surface area contributed by atoms with Crippen molar-refractivity contribution < 1.29 is 27.5 Å². The van der Waals surface area contributed by atoms with E-state index in [1.54, 1.807) is 0 Å². The first-order valence-electron chi connectivity index (χ1n) is 4.74. The lowest BCUT2D eigenvalue weighted by atomic mass is 10.3. The zero-order valence-corrected chi connectivity index (χ0v) is 11.2. The maximum Gasteiger partial charge on any atom is 0.343 e. The quantitative estimate of drug-likeness (QED) is 0.455. The topological polar surface area (TPSA) is 99.1 Å². The van der Waals surface area contributed by atoms with Crippen molar-refractivity contribution in [2.24, 2.45) is 4.40 Å². The van der Waals surface area contributed by atoms with Crippen LogP contribution in [-0.2, 0) is 24.3 Å². The van der Waals surface area contributed by atoms with Crippen molar-refractivity contribution in [2.45, 2.75) is 4.90 Å². The van der Waals surface area contributed by atoms with Crippen molar-refractivity contribution in [3.63, 3.8) is 0 Å². The number of methoxy groups -OCH3 is 1. The van der Waals surface area contributed by atoms with E-state index in [0.717, 1.165) is 19.3 Å². The number of hydrogen-bond donors (Lipinski definition) is 0. The van der Waals surface area contributed by atoms with E-state index in [1.165, 1.54) is 12.1 Å². The summed E-state index contributed by atoms with van der Waals surface area (Å²) < 4.78 is 35.3. The van der Waals surface area contributed by atoms with Crippen LogP contribution in [0, 0.1) is 0 Å². The molecule has 0 saturated carbocycles. The highest BCUT2D eigenvalue weighted by Crippen LogP contribution is 2.28. The Bertz CT molecular complexity index is 635. The van der Waals surface area contributed by atoms with Gasteiger partial charge in [-0.2, -0.15) is 8.42 Å². The van der Waals surface area contributed by atoms with E-state index in [4.69, 9.17) is 16.3 Å². The van der Waals surface area contributed by atoms with E-state index >= 15 is 0 Å². The minimum atomic E-state index is -4.28. The summed E-state index contributed by atoms with van der Waals surface area (Å²) in [6.45, 7) is -0.495. The van der Waals surface area contributed by atoms with Crippen LogP contribution in [-0.4, -0.2) is 34.2 Å². The van der Waals surface area contributed by atoms with Gasteiger partial charge in [0.15, 0.2) is 6.61 Å². The zero-order valence-electron chi connectivity index (χ0n) is 9.62. The number of rotatable bonds is 5. The number of nitrogens with zero attached hydrogens (tertiary/aromatic N) is 1. The van der Waals surface area contributed by atoms with Crippen LogP contribution in [0.4, 0.5) is 0 Å². The molecule has 0 aliphatic rings. The molecule has 0 aliphatic heterocycles. The molecule has 102 valence electrons. The van der Waals surface area contributed by atoms with Crippen LogP contribution in [0.15, 0.2) is 27.5 Å². The van der Waals surface area contributed by atoms with Crippen LogP contribution in [0.5, 0.6) is 5.75 Å². The van der Waals surface area contributed by atoms with E-state index in [-0.39, 0.29) is 10.8 Å². The number of halogens is 1. The summed E-state index contributed by atoms with van der Waals surface area (Å²) in [4.78, 5) is 20.6. The van der Waals surface area contributed by atoms with E-state index in [0.29, 0.717) is 0 Å². The molecule has 1 aromatic rings. The number of carbonyl (C=O) groups is 1. The first-order valence-corrected chi connectivity index (χ1v) is 6.56. The van der Waals surface area contributed by atoms with Gasteiger partial charge in [0.1, 0.15) is 10.6 Å². The molecule has 7 nitrogen and oxygen atoms in total. The van der Waals surface area contributed by atoms with Gasteiger partial charge >= 0.3 is 5.97 Å². The van der Waals surface area contributed by atoms with E-state index in [9.17, 15) is 18.0 Å². The van der Waals surface area contributed by atoms with Gasteiger partial charge in [0, 0.05) is 5.02 Å². The van der Waals surface area contributed by atoms with Gasteiger partial charge < -0.3 is 9.47 Å². The average molecular weight is 306 g/mol. The molecule has 19 heavy (non-hydrogen) atoms. The maximum atomic E-state index is 11.6. The Labute approximate surface area is 113 Å². The van der Waals surface area contributed by atoms with Crippen LogP contribution in [0.25, 0.3) is 0 Å². The number of isocyanates is 1. The second-order valence-corrected chi connectivity index (χ2v) is 5.12. The lowest BCUT2D eigenvalue weighted by molar-refractivity contribution is -0.142. The molecule has 0 aromatic heterocycles. The Kier molecular flexibility index (Phi) is 5.05. The Balaban J connectivity index is 3.19. The van der Waals surface area contributed by atoms with Gasteiger partial charge in [-0.15, -0.1) is 0 Å². The van der Waals surface area contributed by atoms with Gasteiger partial charge in [0.2, 0.25) is 0 Å². The predicted octanol–water partition coefficient (Wildman–Crippen LogP) is 0.916. The van der Waals surface area contributed by atoms with Crippen molar-refractivity contribution in [3.8, 4) is 5.75 Å². The third-order valence-electron chi connectivity index (χ3n) is 1.91. The molecule has 0 amide bonds. The monoisotopic (exact) mass is 305 g/mol. The molecule has 0 spiro atoms. The minimum absolute atomic E-state index is 0.102. The average Bonchev–Trinajstić information content (AvgIpc) is 2.36. The summed E-state index contributed by atoms with van der Waals surface area (Å²) in [7, 11) is -3.12. The molecule has 9 heteroatoms. The van der Waals surface area contributed by atoms with Gasteiger partial charge in [-0.05, 0) is 18.2 Å². The number of sulfonamides is 1. The molecule has 0 fully saturated rings. The molecular weight excluding hydrogens is 298 g/mol. The molecular formula is C10H8ClNO6S. The molecule has 0 unspecified atom stereocenters. The summed E-state index contributed by atoms with van der Waals surface area (Å²) in [6.07, 6.45) is 0.926. The summed E-state index contributed by atoms with van der Waals surface area (Å²) in [5, 5.41) is 0.102. The number of ether oxygens (including phenoxy) is 2. The van der Waals surface area contributed by atoms with Gasteiger partial charge in [-0.25, -0.2) is 9.59 Å². The highest BCUT2D eigenvalue weighted by atomic mass is 35.5. The third-order valence-corrected chi connectivity index (χ3v) is 3.34. The zero-order chi connectivity index (χ0) is 14.5. The molecule has 0 heterocycles. The standard InChI is InChI=1S/C10H8ClNO6S/c1-17-10(14)5-18-8-3-2-7(11)4-9(8)19(15,16)12-6-13/h2-4H,5H2,1H3. The third kappa shape index (κ3) is 4.06. The number of benzene rings is 1. The van der Waals surface area contributed by atoms with Gasteiger partial charge in [0.05, 0.1) is 7.11 Å². The second kappa shape index (κ2) is 6.33. The molecule has 0 atom stereocenters. The van der Waals surface area contributed by atoms with E-state index in [2.05, 4.69) is 9.13 Å². The Morgan fingerprint density at radius 2 is 2.16 bits per heavy atom. The largest absolute Gasteiger partial charge is 0.480 e. The van der Waals surface area contributed by atoms with Crippen LogP contribution < -0.4 is 4.74 Å². The van der Waals surface area contributed by atoms with Crippen LogP contribution >= 0.6 is 11.6 Å². The Morgan fingerprint density at radius 3 is 2.74 bits per heavy atom. The van der Waals surface area contributed by atoms with Crippen LogP contribution in [0.2, 0.25) is 5.02 Å². The number of hydrogen-bond acceptors (Lipinski definition) is 6. The number of carbonyl (C=O) groups excluding carboxylic acids is 2. The Hall–Kier alpha value is -1.89. The molecule has 0 bridgehead atoms. The lowest BCUT2D eigenvalue weighted by Gasteiger charge is -2.08. The van der Waals surface area contributed by atoms with Crippen molar-refractivity contribution in [1.82, 2.24) is 0 Å². The fourth-order valence-corrected chi connectivity index (χ4v) is 2.19. The highest BCUT2D eigenvalue weighted by molar-refractivity contribution is 7.90. The minimum Gasteiger partial charge on any atom is -0.480 e. The maximum absolute atomic E-state index is 11.6. The molecule has 0 saturated heterocycles. The molecule has 0 radical (unpaired) electrons. The Morgan fingerprint density at radius 1 is 1.47 bits per heavy atom. The number of esters is 1. The van der Waals surface area contributed by atoms with Crippen molar-refractivity contribution >= 4 is 33.7 Å². The molecule has 0 N–H and O–H groups in total. The highest BCUT2D eigenvalue weighted by Gasteiger charge is 2.20. The molecule has 0 aliphatic carbocycles. The summed E-state index contributed by atoms with van der Waals surface area (Å²) in [5.74, 6) is -0.869. The molecule has 1 rings (SSSR count). The molecule has 1 aromatic carbocycles. The van der Waals surface area contributed by atoms with Crippen molar-refractivity contribution in [3.05, 3.63) is 23.2 Å². The van der Waals surface area contributed by atoms with Gasteiger partial charge in [-0.1, -0.05) is 16.0 Å². The van der Waals surface area contributed by atoms with E-state index in [1.807, 2.05) is 0 Å². The van der Waals surface area contributed by atoms with E-state index < -0.39 is 27.5 Å². The van der Waals surface area contributed by atoms with Gasteiger partial charge in [0.25, 0.3) is 16.1 Å². The van der Waals surface area contributed by atoms with Gasteiger partial charge in [-0.3, -0.25) is 0 Å². The normalized spacial score (nSPS) is 10.4. The van der Waals surface area contributed by atoms with Crippen LogP contribution in [0.3, 0.4) is 0 Å². The van der Waals surface area contributed by atoms with Crippen LogP contribution in [0.1, 0.15) is 0 Å². The predicted molar refractivity (Wildman–Crippen MR) is 64.3 cm³/mol. The fraction of sp³-hybridized carbons (Fsp3) is 0.200. The second-order valence-electron chi connectivity index (χ2n) is 3.11. The first kappa shape index (κ1) is 15.2. The van der Waals surface area contributed by atoms with Crippen molar-refractivity contribution in [2.75, 3.05) is 13.7 Å². The van der Waals surface area contributed by atoms with Crippen molar-refractivity contribution in [1.29, 1.82) is 0 Å². The summed E-state index contributed by atoms with van der Waals surface area (Å²) in [6, 6.07) is 3.64. The summed E-state index contributed by atoms with van der Waals surface area (Å²) in [5.41, 5.74) is 0. The summed E-state index contributed by atoms with van der Waals surface area (Å²) >= 11 is 5.66. The smallest absolute Gasteiger partial charge is 0.343 e. The first-order chi connectivity index (χ1) is 8.90.